The molecule has 4 heteroatoms. The van der Waals surface area contributed by atoms with E-state index >= 15 is 0 Å². The molecule has 0 saturated carbocycles. The molecule has 1 fully saturated rings. The van der Waals surface area contributed by atoms with Crippen LogP contribution in [0.4, 0.5) is 0 Å². The first kappa shape index (κ1) is 7.98. The summed E-state index contributed by atoms with van der Waals surface area (Å²) in [5.74, 6) is 0. The second kappa shape index (κ2) is 3.39. The molecule has 0 aliphatic carbocycles. The number of hydrogen-bond acceptors (Lipinski definition) is 3. The van der Waals surface area contributed by atoms with Crippen molar-refractivity contribution in [3.05, 3.63) is 29.0 Å². The first-order chi connectivity index (χ1) is 5.86. The lowest BCUT2D eigenvalue weighted by Gasteiger charge is -2.07. The smallest absolute Gasteiger partial charge is 0.201 e. The van der Waals surface area contributed by atoms with Gasteiger partial charge in [-0.25, -0.2) is 4.98 Å². The number of pyridine rings is 1. The summed E-state index contributed by atoms with van der Waals surface area (Å²) in [6.45, 7) is 1.25. The highest BCUT2D eigenvalue weighted by Gasteiger charge is 2.19. The zero-order valence-electron chi connectivity index (χ0n) is 6.37. The van der Waals surface area contributed by atoms with E-state index in [1.807, 2.05) is 12.1 Å². The highest BCUT2D eigenvalue weighted by Crippen LogP contribution is 2.22. The van der Waals surface area contributed by atoms with Crippen LogP contribution in [0.3, 0.4) is 0 Å². The molecule has 3 nitrogen and oxygen atoms in total. The summed E-state index contributed by atoms with van der Waals surface area (Å²) in [7, 11) is 0. The molecule has 0 radical (unpaired) electrons. The Labute approximate surface area is 75.3 Å². The molecule has 0 amide bonds. The van der Waals surface area contributed by atoms with Crippen molar-refractivity contribution in [1.82, 2.24) is 4.98 Å². The summed E-state index contributed by atoms with van der Waals surface area (Å²) >= 11 is 5.70. The van der Waals surface area contributed by atoms with Crippen LogP contribution in [0.5, 0.6) is 0 Å². The van der Waals surface area contributed by atoms with Crippen molar-refractivity contribution in [1.29, 1.82) is 0 Å². The molecule has 1 aliphatic rings. The van der Waals surface area contributed by atoms with Crippen molar-refractivity contribution in [2.45, 2.75) is 6.29 Å². The lowest BCUT2D eigenvalue weighted by Crippen LogP contribution is -2.00. The lowest BCUT2D eigenvalue weighted by molar-refractivity contribution is -0.0472. The molecule has 2 heterocycles. The normalized spacial score (nSPS) is 18.4. The number of ether oxygens (including phenoxy) is 2. The number of rotatable bonds is 1. The molecule has 1 aliphatic heterocycles. The van der Waals surface area contributed by atoms with E-state index in [0.717, 1.165) is 5.69 Å². The molecular formula is C8H8ClNO2. The zero-order valence-corrected chi connectivity index (χ0v) is 7.12. The summed E-state index contributed by atoms with van der Waals surface area (Å²) in [5, 5.41) is 0.464. The maximum Gasteiger partial charge on any atom is 0.201 e. The van der Waals surface area contributed by atoms with Crippen LogP contribution in [-0.4, -0.2) is 18.2 Å². The Kier molecular flexibility index (Phi) is 2.26. The Hall–Kier alpha value is -0.640. The van der Waals surface area contributed by atoms with Gasteiger partial charge >= 0.3 is 0 Å². The van der Waals surface area contributed by atoms with Gasteiger partial charge in [-0.2, -0.15) is 0 Å². The molecule has 0 spiro atoms. The monoisotopic (exact) mass is 185 g/mol. The molecule has 1 aromatic heterocycles. The Bertz CT molecular complexity index is 274. The van der Waals surface area contributed by atoms with Crippen LogP contribution in [0.2, 0.25) is 5.15 Å². The summed E-state index contributed by atoms with van der Waals surface area (Å²) in [5.41, 5.74) is 0.736. The van der Waals surface area contributed by atoms with Crippen LogP contribution in [0.15, 0.2) is 18.2 Å². The van der Waals surface area contributed by atoms with E-state index in [2.05, 4.69) is 4.98 Å². The third-order valence-corrected chi connectivity index (χ3v) is 1.81. The van der Waals surface area contributed by atoms with Crippen molar-refractivity contribution in [2.75, 3.05) is 13.2 Å². The third-order valence-electron chi connectivity index (χ3n) is 1.60. The summed E-state index contributed by atoms with van der Waals surface area (Å²) in [6.07, 6.45) is -0.330. The number of nitrogens with zero attached hydrogens (tertiary/aromatic N) is 1. The molecule has 0 N–H and O–H groups in total. The molecular weight excluding hydrogens is 178 g/mol. The largest absolute Gasteiger partial charge is 0.345 e. The summed E-state index contributed by atoms with van der Waals surface area (Å²) < 4.78 is 10.5. The van der Waals surface area contributed by atoms with Gasteiger partial charge in [0.2, 0.25) is 6.29 Å². The van der Waals surface area contributed by atoms with Crippen LogP contribution in [-0.2, 0) is 9.47 Å². The average molecular weight is 186 g/mol. The molecule has 1 saturated heterocycles. The minimum Gasteiger partial charge on any atom is -0.345 e. The Balaban J connectivity index is 2.21. The maximum absolute atomic E-state index is 5.70. The molecule has 1 aromatic rings. The van der Waals surface area contributed by atoms with Gasteiger partial charge in [0.05, 0.1) is 18.9 Å². The maximum atomic E-state index is 5.70. The van der Waals surface area contributed by atoms with E-state index in [1.165, 1.54) is 0 Å². The zero-order chi connectivity index (χ0) is 8.39. The van der Waals surface area contributed by atoms with Crippen LogP contribution >= 0.6 is 11.6 Å². The van der Waals surface area contributed by atoms with Crippen LogP contribution in [0.1, 0.15) is 12.0 Å². The van der Waals surface area contributed by atoms with Gasteiger partial charge in [0.15, 0.2) is 0 Å². The number of aromatic nitrogens is 1. The third kappa shape index (κ3) is 1.58. The van der Waals surface area contributed by atoms with Gasteiger partial charge in [-0.3, -0.25) is 0 Å². The molecule has 12 heavy (non-hydrogen) atoms. The van der Waals surface area contributed by atoms with E-state index in [0.29, 0.717) is 18.4 Å². The number of halogens is 1. The fourth-order valence-corrected chi connectivity index (χ4v) is 1.25. The Morgan fingerprint density at radius 3 is 2.75 bits per heavy atom. The topological polar surface area (TPSA) is 31.4 Å². The fourth-order valence-electron chi connectivity index (χ4n) is 1.08. The Morgan fingerprint density at radius 1 is 1.33 bits per heavy atom. The lowest BCUT2D eigenvalue weighted by atomic mass is 10.3. The minimum absolute atomic E-state index is 0.330. The van der Waals surface area contributed by atoms with Gasteiger partial charge in [-0.05, 0) is 12.1 Å². The first-order valence-electron chi connectivity index (χ1n) is 3.72. The molecule has 64 valence electrons. The van der Waals surface area contributed by atoms with Crippen molar-refractivity contribution >= 4 is 11.6 Å². The van der Waals surface area contributed by atoms with E-state index in [1.54, 1.807) is 6.07 Å². The fraction of sp³-hybridized carbons (Fsp3) is 0.375. The van der Waals surface area contributed by atoms with E-state index in [-0.39, 0.29) is 6.29 Å². The predicted octanol–water partition coefficient (Wildman–Crippen LogP) is 1.78. The van der Waals surface area contributed by atoms with Gasteiger partial charge in [0, 0.05) is 0 Å². The van der Waals surface area contributed by atoms with Crippen molar-refractivity contribution in [3.8, 4) is 0 Å². The molecule has 0 atom stereocenters. The van der Waals surface area contributed by atoms with Gasteiger partial charge in [0.25, 0.3) is 0 Å². The van der Waals surface area contributed by atoms with Crippen LogP contribution < -0.4 is 0 Å². The van der Waals surface area contributed by atoms with Crippen molar-refractivity contribution in [3.63, 3.8) is 0 Å². The second-order valence-electron chi connectivity index (χ2n) is 2.46. The van der Waals surface area contributed by atoms with Gasteiger partial charge in [0.1, 0.15) is 5.15 Å². The second-order valence-corrected chi connectivity index (χ2v) is 2.85. The molecule has 2 rings (SSSR count). The molecule has 0 bridgehead atoms. The predicted molar refractivity (Wildman–Crippen MR) is 43.9 cm³/mol. The van der Waals surface area contributed by atoms with Crippen molar-refractivity contribution in [2.24, 2.45) is 0 Å². The average Bonchev–Trinajstić information content (AvgIpc) is 2.56. The highest BCUT2D eigenvalue weighted by atomic mass is 35.5. The number of hydrogen-bond donors (Lipinski definition) is 0. The standard InChI is InChI=1S/C8H8ClNO2/c9-7-3-1-2-6(10-7)8-11-4-5-12-8/h1-3,8H,4-5H2. The van der Waals surface area contributed by atoms with Crippen LogP contribution in [0, 0.1) is 0 Å². The van der Waals surface area contributed by atoms with Crippen LogP contribution in [0.25, 0.3) is 0 Å². The molecule has 0 aromatic carbocycles. The van der Waals surface area contributed by atoms with Crippen molar-refractivity contribution < 1.29 is 9.47 Å². The summed E-state index contributed by atoms with van der Waals surface area (Å²) in [6, 6.07) is 5.39. The highest BCUT2D eigenvalue weighted by molar-refractivity contribution is 6.29. The van der Waals surface area contributed by atoms with E-state index < -0.39 is 0 Å². The van der Waals surface area contributed by atoms with E-state index in [9.17, 15) is 0 Å². The van der Waals surface area contributed by atoms with Gasteiger partial charge < -0.3 is 9.47 Å². The van der Waals surface area contributed by atoms with Gasteiger partial charge in [-0.15, -0.1) is 0 Å². The first-order valence-corrected chi connectivity index (χ1v) is 4.10. The minimum atomic E-state index is -0.330. The quantitative estimate of drug-likeness (QED) is 0.625. The summed E-state index contributed by atoms with van der Waals surface area (Å²) in [4.78, 5) is 4.07. The molecule has 0 unspecified atom stereocenters. The van der Waals surface area contributed by atoms with E-state index in [4.69, 9.17) is 21.1 Å². The van der Waals surface area contributed by atoms with Gasteiger partial charge in [-0.1, -0.05) is 17.7 Å². The SMILES string of the molecule is Clc1cccc(C2OCCO2)n1. The Morgan fingerprint density at radius 2 is 2.08 bits per heavy atom.